The quantitative estimate of drug-likeness (QED) is 0.200. The molecule has 1 aromatic carbocycles. The third-order valence-electron chi connectivity index (χ3n) is 8.15. The van der Waals surface area contributed by atoms with Crippen LogP contribution in [-0.2, 0) is 23.9 Å². The first kappa shape index (κ1) is 39.4. The Bertz CT molecular complexity index is 1420. The van der Waals surface area contributed by atoms with E-state index in [4.69, 9.17) is 4.74 Å². The van der Waals surface area contributed by atoms with Gasteiger partial charge in [-0.3, -0.25) is 24.0 Å². The highest BCUT2D eigenvalue weighted by atomic mass is 19.4. The van der Waals surface area contributed by atoms with Gasteiger partial charge >= 0.3 is 18.1 Å². The number of rotatable bonds is 11. The summed E-state index contributed by atoms with van der Waals surface area (Å²) in [6.45, 7) is 10.1. The van der Waals surface area contributed by atoms with Gasteiger partial charge in [0.15, 0.2) is 0 Å². The highest BCUT2D eigenvalue weighted by Gasteiger charge is 2.63. The lowest BCUT2D eigenvalue weighted by Gasteiger charge is -2.31. The number of esters is 1. The molecule has 2 aliphatic rings. The number of carbonyl (C=O) groups excluding carboxylic acids is 5. The number of ether oxygens (including phenoxy) is 2. The van der Waals surface area contributed by atoms with E-state index in [-0.39, 0.29) is 24.4 Å². The summed E-state index contributed by atoms with van der Waals surface area (Å²) in [6.07, 6.45) is -5.80. The van der Waals surface area contributed by atoms with E-state index in [2.05, 4.69) is 15.4 Å². The van der Waals surface area contributed by atoms with Gasteiger partial charge in [-0.25, -0.2) is 0 Å². The van der Waals surface area contributed by atoms with E-state index < -0.39 is 77.1 Å². The van der Waals surface area contributed by atoms with E-state index in [1.165, 1.54) is 52.0 Å². The first-order valence-corrected chi connectivity index (χ1v) is 16.1. The van der Waals surface area contributed by atoms with Gasteiger partial charge in [-0.15, -0.1) is 0 Å². The number of nitrogens with one attached hydrogen (secondary N) is 2. The Labute approximate surface area is 281 Å². The number of alkyl halides is 5. The number of benzene rings is 1. The number of amides is 4. The van der Waals surface area contributed by atoms with Crippen LogP contribution in [0.25, 0.3) is 0 Å². The van der Waals surface area contributed by atoms with Crippen LogP contribution in [0, 0.1) is 17.8 Å². The first-order chi connectivity index (χ1) is 22.8. The van der Waals surface area contributed by atoms with Crippen LogP contribution in [0.4, 0.5) is 22.0 Å². The average molecular weight is 703 g/mol. The Balaban J connectivity index is 1.82. The number of morpholine rings is 1. The molecule has 11 nitrogen and oxygen atoms in total. The summed E-state index contributed by atoms with van der Waals surface area (Å²) in [5.74, 6) is -14.3. The molecular formula is C33H43F5N4O7. The van der Waals surface area contributed by atoms with Gasteiger partial charge in [0.1, 0.15) is 12.1 Å². The molecule has 272 valence electrons. The summed E-state index contributed by atoms with van der Waals surface area (Å²) < 4.78 is 79.8. The van der Waals surface area contributed by atoms with Crippen molar-refractivity contribution in [1.29, 1.82) is 0 Å². The average Bonchev–Trinajstić information content (AvgIpc) is 3.54. The van der Waals surface area contributed by atoms with Crippen LogP contribution in [-0.4, -0.2) is 96.4 Å². The Morgan fingerprint density at radius 2 is 1.43 bits per heavy atom. The third kappa shape index (κ3) is 9.34. The smallest absolute Gasteiger partial charge is 0.422 e. The Kier molecular flexibility index (Phi) is 12.9. The molecule has 49 heavy (non-hydrogen) atoms. The van der Waals surface area contributed by atoms with Gasteiger partial charge in [0.2, 0.25) is 17.6 Å². The fourth-order valence-corrected chi connectivity index (χ4v) is 5.25. The van der Waals surface area contributed by atoms with Crippen molar-refractivity contribution in [3.8, 4) is 0 Å². The lowest BCUT2D eigenvalue weighted by atomic mass is 10.0. The molecule has 2 saturated heterocycles. The fourth-order valence-electron chi connectivity index (χ4n) is 5.25. The molecule has 2 aliphatic heterocycles. The molecule has 2 atom stereocenters. The van der Waals surface area contributed by atoms with Gasteiger partial charge < -0.3 is 29.9 Å². The summed E-state index contributed by atoms with van der Waals surface area (Å²) in [7, 11) is 0. The first-order valence-electron chi connectivity index (χ1n) is 16.1. The van der Waals surface area contributed by atoms with Gasteiger partial charge in [-0.1, -0.05) is 41.5 Å². The van der Waals surface area contributed by atoms with Crippen LogP contribution in [0.2, 0.25) is 0 Å². The number of carbonyl (C=O) groups is 5. The zero-order chi connectivity index (χ0) is 36.8. The molecule has 0 unspecified atom stereocenters. The standard InChI is InChI=1S/C33H43F5N4O7/c1-18(2)24(26(49-31(47)20(5)6)32(34,35)33(36,37)38)39-28(44)23-8-7-13-42(23)30(46)25(19(3)4)40-27(43)21-9-11-22(12-10-21)29(45)41-14-16-48-17-15-41/h9-12,18-20,23,25H,7-8,13-17H2,1-6H3,(H,39,44)(H,40,43)/b26-24+/t23-,25-/m0/s1. The molecule has 0 spiro atoms. The molecular weight excluding hydrogens is 659 g/mol. The van der Waals surface area contributed by atoms with E-state index in [1.807, 2.05) is 0 Å². The monoisotopic (exact) mass is 702 g/mol. The highest BCUT2D eigenvalue weighted by molar-refractivity contribution is 6.00. The SMILES string of the molecule is CC(C)C(=O)O/C(=C(/NC(=O)[C@@H]1CCCN1C(=O)[C@@H](NC(=O)c1ccc(C(=O)N2CCOCC2)cc1)C(C)C)C(C)C)C(F)(F)C(F)(F)F. The van der Waals surface area contributed by atoms with Crippen molar-refractivity contribution < 1.29 is 55.4 Å². The zero-order valence-corrected chi connectivity index (χ0v) is 28.3. The molecule has 2 heterocycles. The summed E-state index contributed by atoms with van der Waals surface area (Å²) in [4.78, 5) is 68.2. The second kappa shape index (κ2) is 16.1. The minimum absolute atomic E-state index is 0.0446. The Hall–Kier alpha value is -4.08. The molecule has 2 fully saturated rings. The number of allylic oxidation sites excluding steroid dienone is 2. The lowest BCUT2D eigenvalue weighted by molar-refractivity contribution is -0.276. The molecule has 0 saturated carbocycles. The van der Waals surface area contributed by atoms with Crippen molar-refractivity contribution in [2.45, 2.75) is 78.6 Å². The van der Waals surface area contributed by atoms with E-state index in [1.54, 1.807) is 18.7 Å². The summed E-state index contributed by atoms with van der Waals surface area (Å²) in [5, 5.41) is 4.77. The molecule has 2 N–H and O–H groups in total. The summed E-state index contributed by atoms with van der Waals surface area (Å²) in [5.41, 5.74) is -0.427. The third-order valence-corrected chi connectivity index (χ3v) is 8.15. The highest BCUT2D eigenvalue weighted by Crippen LogP contribution is 2.43. The molecule has 0 aliphatic carbocycles. The van der Waals surface area contributed by atoms with E-state index in [0.717, 1.165) is 4.90 Å². The van der Waals surface area contributed by atoms with Crippen LogP contribution >= 0.6 is 0 Å². The number of nitrogens with zero attached hydrogens (tertiary/aromatic N) is 2. The van der Waals surface area contributed by atoms with E-state index in [9.17, 15) is 45.9 Å². The largest absolute Gasteiger partial charge is 0.461 e. The molecule has 16 heteroatoms. The van der Waals surface area contributed by atoms with Gasteiger partial charge in [0.25, 0.3) is 11.8 Å². The maximum Gasteiger partial charge on any atom is 0.461 e. The number of hydrogen-bond donors (Lipinski definition) is 2. The predicted octanol–water partition coefficient (Wildman–Crippen LogP) is 4.29. The van der Waals surface area contributed by atoms with Gasteiger partial charge in [0, 0.05) is 30.8 Å². The predicted molar refractivity (Wildman–Crippen MR) is 166 cm³/mol. The summed E-state index contributed by atoms with van der Waals surface area (Å²) in [6, 6.07) is 3.44. The van der Waals surface area contributed by atoms with Crippen molar-refractivity contribution >= 4 is 29.6 Å². The number of halogens is 5. The molecule has 3 rings (SSSR count). The molecule has 0 bridgehead atoms. The second-order valence-electron chi connectivity index (χ2n) is 12.9. The van der Waals surface area contributed by atoms with Crippen molar-refractivity contribution in [1.82, 2.24) is 20.4 Å². The van der Waals surface area contributed by atoms with Crippen LogP contribution in [0.5, 0.6) is 0 Å². The van der Waals surface area contributed by atoms with Crippen LogP contribution < -0.4 is 10.6 Å². The second-order valence-corrected chi connectivity index (χ2v) is 12.9. The number of hydrogen-bond acceptors (Lipinski definition) is 7. The normalized spacial score (nSPS) is 18.4. The molecule has 0 aromatic heterocycles. The molecule has 4 amide bonds. The van der Waals surface area contributed by atoms with E-state index >= 15 is 0 Å². The summed E-state index contributed by atoms with van der Waals surface area (Å²) >= 11 is 0. The van der Waals surface area contributed by atoms with Crippen LogP contribution in [0.15, 0.2) is 35.7 Å². The molecule has 0 radical (unpaired) electrons. The maximum absolute atomic E-state index is 14.7. The topological polar surface area (TPSA) is 134 Å². The Morgan fingerprint density at radius 3 is 1.94 bits per heavy atom. The minimum atomic E-state index is -6.15. The van der Waals surface area contributed by atoms with Crippen LogP contribution in [0.3, 0.4) is 0 Å². The van der Waals surface area contributed by atoms with Crippen molar-refractivity contribution in [2.75, 3.05) is 32.8 Å². The zero-order valence-electron chi connectivity index (χ0n) is 28.3. The minimum Gasteiger partial charge on any atom is -0.422 e. The van der Waals surface area contributed by atoms with E-state index in [0.29, 0.717) is 38.3 Å². The van der Waals surface area contributed by atoms with Crippen LogP contribution in [0.1, 0.15) is 75.1 Å². The van der Waals surface area contributed by atoms with Gasteiger partial charge in [-0.2, -0.15) is 22.0 Å². The lowest BCUT2D eigenvalue weighted by Crippen LogP contribution is -2.55. The fraction of sp³-hybridized carbons (Fsp3) is 0.606. The van der Waals surface area contributed by atoms with Crippen molar-refractivity contribution in [3.05, 3.63) is 46.8 Å². The molecule has 1 aromatic rings. The van der Waals surface area contributed by atoms with Gasteiger partial charge in [0.05, 0.1) is 24.8 Å². The van der Waals surface area contributed by atoms with Crippen molar-refractivity contribution in [2.24, 2.45) is 17.8 Å². The van der Waals surface area contributed by atoms with Crippen molar-refractivity contribution in [3.63, 3.8) is 0 Å². The maximum atomic E-state index is 14.7. The van der Waals surface area contributed by atoms with Gasteiger partial charge in [-0.05, 0) is 48.9 Å². The number of likely N-dealkylation sites (tertiary alicyclic amines) is 1. The Morgan fingerprint density at radius 1 is 0.857 bits per heavy atom.